The summed E-state index contributed by atoms with van der Waals surface area (Å²) in [7, 11) is 0. The van der Waals surface area contributed by atoms with Gasteiger partial charge in [-0.15, -0.1) is 0 Å². The third-order valence-electron chi connectivity index (χ3n) is 2.70. The maximum atomic E-state index is 11.4. The lowest BCUT2D eigenvalue weighted by Gasteiger charge is -2.22. The van der Waals surface area contributed by atoms with Crippen molar-refractivity contribution >= 4 is 21.9 Å². The molecule has 0 saturated carbocycles. The second kappa shape index (κ2) is 5.95. The van der Waals surface area contributed by atoms with E-state index in [1.807, 2.05) is 19.9 Å². The van der Waals surface area contributed by atoms with Crippen LogP contribution >= 0.6 is 15.9 Å². The Kier molecular flexibility index (Phi) is 5.02. The number of halogens is 1. The minimum atomic E-state index is -0.967. The van der Waals surface area contributed by atoms with Gasteiger partial charge in [-0.05, 0) is 45.0 Å². The van der Waals surface area contributed by atoms with E-state index in [0.29, 0.717) is 22.7 Å². The van der Waals surface area contributed by atoms with E-state index in [4.69, 9.17) is 4.74 Å². The van der Waals surface area contributed by atoms with Gasteiger partial charge in [-0.2, -0.15) is 0 Å². The van der Waals surface area contributed by atoms with Gasteiger partial charge < -0.3 is 9.84 Å². The van der Waals surface area contributed by atoms with Crippen LogP contribution in [-0.4, -0.2) is 17.7 Å². The molecule has 4 heteroatoms. The fourth-order valence-corrected chi connectivity index (χ4v) is 2.16. The second-order valence-corrected chi connectivity index (χ2v) is 6.95. The Balaban J connectivity index is 3.27. The van der Waals surface area contributed by atoms with Gasteiger partial charge in [-0.1, -0.05) is 34.6 Å². The standard InChI is InChI=1S/C15H21BrO3/c1-9(2)8-19-13-11(14(17)18)6-10(7-12(13)16)15(3,4)5/h6-7,9H,8H2,1-5H3,(H,17,18). The van der Waals surface area contributed by atoms with Crippen molar-refractivity contribution in [3.8, 4) is 5.75 Å². The molecule has 1 aromatic carbocycles. The summed E-state index contributed by atoms with van der Waals surface area (Å²) < 4.78 is 6.32. The highest BCUT2D eigenvalue weighted by molar-refractivity contribution is 9.10. The highest BCUT2D eigenvalue weighted by Gasteiger charge is 2.22. The normalized spacial score (nSPS) is 11.7. The summed E-state index contributed by atoms with van der Waals surface area (Å²) in [4.78, 5) is 11.4. The topological polar surface area (TPSA) is 46.5 Å². The molecule has 0 fully saturated rings. The maximum absolute atomic E-state index is 11.4. The number of rotatable bonds is 4. The van der Waals surface area contributed by atoms with Gasteiger partial charge in [0.15, 0.2) is 0 Å². The molecule has 0 aliphatic heterocycles. The molecule has 3 nitrogen and oxygen atoms in total. The van der Waals surface area contributed by atoms with Crippen molar-refractivity contribution in [2.24, 2.45) is 5.92 Å². The van der Waals surface area contributed by atoms with Crippen LogP contribution < -0.4 is 4.74 Å². The van der Waals surface area contributed by atoms with E-state index >= 15 is 0 Å². The smallest absolute Gasteiger partial charge is 0.339 e. The minimum Gasteiger partial charge on any atom is -0.491 e. The predicted octanol–water partition coefficient (Wildman–Crippen LogP) is 4.48. The van der Waals surface area contributed by atoms with Crippen molar-refractivity contribution in [3.63, 3.8) is 0 Å². The molecule has 19 heavy (non-hydrogen) atoms. The molecule has 106 valence electrons. The molecule has 0 unspecified atom stereocenters. The van der Waals surface area contributed by atoms with Crippen molar-refractivity contribution in [1.82, 2.24) is 0 Å². The van der Waals surface area contributed by atoms with Gasteiger partial charge in [0.1, 0.15) is 11.3 Å². The first-order chi connectivity index (χ1) is 8.62. The zero-order valence-corrected chi connectivity index (χ0v) is 13.7. The lowest BCUT2D eigenvalue weighted by Crippen LogP contribution is -2.15. The molecule has 0 radical (unpaired) electrons. The Morgan fingerprint density at radius 3 is 2.37 bits per heavy atom. The minimum absolute atomic E-state index is 0.108. The number of hydrogen-bond donors (Lipinski definition) is 1. The molecule has 1 N–H and O–H groups in total. The van der Waals surface area contributed by atoms with Crippen molar-refractivity contribution < 1.29 is 14.6 Å². The number of ether oxygens (including phenoxy) is 1. The molecule has 0 spiro atoms. The SMILES string of the molecule is CC(C)COc1c(Br)cc(C(C)(C)C)cc1C(=O)O. The van der Waals surface area contributed by atoms with E-state index in [2.05, 4.69) is 36.7 Å². The van der Waals surface area contributed by atoms with E-state index in [-0.39, 0.29) is 11.0 Å². The summed E-state index contributed by atoms with van der Waals surface area (Å²) in [6.45, 7) is 10.7. The first-order valence-corrected chi connectivity index (χ1v) is 7.12. The zero-order valence-electron chi connectivity index (χ0n) is 12.1. The maximum Gasteiger partial charge on any atom is 0.339 e. The molecule has 0 amide bonds. The average Bonchev–Trinajstić information content (AvgIpc) is 2.24. The monoisotopic (exact) mass is 328 g/mol. The van der Waals surface area contributed by atoms with E-state index in [9.17, 15) is 9.90 Å². The van der Waals surface area contributed by atoms with Crippen LogP contribution in [0.3, 0.4) is 0 Å². The van der Waals surface area contributed by atoms with Crippen LogP contribution in [0.2, 0.25) is 0 Å². The van der Waals surface area contributed by atoms with Gasteiger partial charge in [0.2, 0.25) is 0 Å². The molecule has 0 atom stereocenters. The summed E-state index contributed by atoms with van der Waals surface area (Å²) in [5, 5.41) is 9.34. The van der Waals surface area contributed by atoms with Crippen LogP contribution in [0.4, 0.5) is 0 Å². The average molecular weight is 329 g/mol. The molecule has 0 aromatic heterocycles. The highest BCUT2D eigenvalue weighted by Crippen LogP contribution is 2.35. The number of benzene rings is 1. The molecule has 0 heterocycles. The fourth-order valence-electron chi connectivity index (χ4n) is 1.58. The van der Waals surface area contributed by atoms with Gasteiger partial charge in [-0.3, -0.25) is 0 Å². The first kappa shape index (κ1) is 16.0. The first-order valence-electron chi connectivity index (χ1n) is 6.33. The van der Waals surface area contributed by atoms with Gasteiger partial charge in [0.25, 0.3) is 0 Å². The molecule has 0 aliphatic carbocycles. The molecule has 1 rings (SSSR count). The van der Waals surface area contributed by atoms with Crippen molar-refractivity contribution in [2.45, 2.75) is 40.0 Å². The summed E-state index contributed by atoms with van der Waals surface area (Å²) in [5.74, 6) is -0.212. The number of aromatic carboxylic acids is 1. The van der Waals surface area contributed by atoms with E-state index in [1.165, 1.54) is 0 Å². The Morgan fingerprint density at radius 1 is 1.37 bits per heavy atom. The van der Waals surface area contributed by atoms with Gasteiger partial charge in [0.05, 0.1) is 11.1 Å². The van der Waals surface area contributed by atoms with E-state index in [0.717, 1.165) is 5.56 Å². The Morgan fingerprint density at radius 2 is 1.95 bits per heavy atom. The van der Waals surface area contributed by atoms with Crippen LogP contribution in [0.25, 0.3) is 0 Å². The number of carbonyl (C=O) groups is 1. The molecular formula is C15H21BrO3. The van der Waals surface area contributed by atoms with Gasteiger partial charge in [0, 0.05) is 0 Å². The fraction of sp³-hybridized carbons (Fsp3) is 0.533. The van der Waals surface area contributed by atoms with Crippen molar-refractivity contribution in [2.75, 3.05) is 6.61 Å². The quantitative estimate of drug-likeness (QED) is 0.886. The number of hydrogen-bond acceptors (Lipinski definition) is 2. The van der Waals surface area contributed by atoms with Crippen molar-refractivity contribution in [3.05, 3.63) is 27.7 Å². The predicted molar refractivity (Wildman–Crippen MR) is 80.1 cm³/mol. The summed E-state index contributed by atoms with van der Waals surface area (Å²) in [6, 6.07) is 3.63. The second-order valence-electron chi connectivity index (χ2n) is 6.09. The van der Waals surface area contributed by atoms with E-state index < -0.39 is 5.97 Å². The summed E-state index contributed by atoms with van der Waals surface area (Å²) >= 11 is 3.42. The Bertz CT molecular complexity index is 473. The molecule has 0 bridgehead atoms. The van der Waals surface area contributed by atoms with Crippen LogP contribution in [0.1, 0.15) is 50.5 Å². The highest BCUT2D eigenvalue weighted by atomic mass is 79.9. The van der Waals surface area contributed by atoms with Gasteiger partial charge in [-0.25, -0.2) is 4.79 Å². The molecule has 0 aliphatic rings. The Hall–Kier alpha value is -1.03. The number of carboxylic acids is 1. The van der Waals surface area contributed by atoms with Crippen LogP contribution in [0.5, 0.6) is 5.75 Å². The van der Waals surface area contributed by atoms with Crippen LogP contribution in [0, 0.1) is 5.92 Å². The lowest BCUT2D eigenvalue weighted by atomic mass is 9.86. The largest absolute Gasteiger partial charge is 0.491 e. The summed E-state index contributed by atoms with van der Waals surface area (Å²) in [5.41, 5.74) is 1.07. The number of carboxylic acid groups (broad SMARTS) is 1. The van der Waals surface area contributed by atoms with Crippen molar-refractivity contribution in [1.29, 1.82) is 0 Å². The lowest BCUT2D eigenvalue weighted by molar-refractivity contribution is 0.0691. The molecule has 0 saturated heterocycles. The molecule has 1 aromatic rings. The van der Waals surface area contributed by atoms with E-state index in [1.54, 1.807) is 6.07 Å². The summed E-state index contributed by atoms with van der Waals surface area (Å²) in [6.07, 6.45) is 0. The zero-order chi connectivity index (χ0) is 14.8. The Labute approximate surface area is 123 Å². The third-order valence-corrected chi connectivity index (χ3v) is 3.29. The van der Waals surface area contributed by atoms with Gasteiger partial charge >= 0.3 is 5.97 Å². The molecular weight excluding hydrogens is 308 g/mol. The van der Waals surface area contributed by atoms with Crippen LogP contribution in [0.15, 0.2) is 16.6 Å². The third kappa shape index (κ3) is 4.23. The van der Waals surface area contributed by atoms with Crippen LogP contribution in [-0.2, 0) is 5.41 Å².